The molecule has 10 heteroatoms. The number of esters is 1. The monoisotopic (exact) mass is 481 g/mol. The molecule has 0 N–H and O–H groups in total. The smallest absolute Gasteiger partial charge is 0.330 e. The van der Waals surface area contributed by atoms with Crippen LogP contribution in [0, 0.1) is 0 Å². The number of sulfonamides is 1. The van der Waals surface area contributed by atoms with E-state index in [1.807, 2.05) is 0 Å². The summed E-state index contributed by atoms with van der Waals surface area (Å²) in [6.07, 6.45) is 2.71. The first-order valence-corrected chi connectivity index (χ1v) is 11.7. The standard InChI is InChI=1S/C22H24ClNO7S/c1-28-20-8-6-17(16-21(20)32(26,27)24-10-12-29-13-11-24)7-9-22(25)31-15-14-30-19-5-3-2-4-18(19)23/h2-9,16H,10-15H2,1H3. The van der Waals surface area contributed by atoms with Crippen molar-refractivity contribution in [2.75, 3.05) is 46.6 Å². The Morgan fingerprint density at radius 2 is 1.88 bits per heavy atom. The van der Waals surface area contributed by atoms with Crippen LogP contribution in [0.15, 0.2) is 53.4 Å². The fourth-order valence-electron chi connectivity index (χ4n) is 2.99. The maximum atomic E-state index is 13.0. The van der Waals surface area contributed by atoms with E-state index in [4.69, 9.17) is 30.5 Å². The largest absolute Gasteiger partial charge is 0.495 e. The molecule has 0 radical (unpaired) electrons. The molecule has 0 spiro atoms. The molecule has 0 aromatic heterocycles. The van der Waals surface area contributed by atoms with E-state index in [0.29, 0.717) is 29.5 Å². The summed E-state index contributed by atoms with van der Waals surface area (Å²) in [5, 5.41) is 0.473. The average Bonchev–Trinajstić information content (AvgIpc) is 2.82. The molecule has 1 saturated heterocycles. The summed E-state index contributed by atoms with van der Waals surface area (Å²) in [6.45, 7) is 1.41. The Balaban J connectivity index is 1.60. The lowest BCUT2D eigenvalue weighted by molar-refractivity contribution is -0.138. The summed E-state index contributed by atoms with van der Waals surface area (Å²) in [5.41, 5.74) is 0.516. The van der Waals surface area contributed by atoms with Crippen molar-refractivity contribution < 1.29 is 32.2 Å². The molecule has 0 saturated carbocycles. The highest BCUT2D eigenvalue weighted by Crippen LogP contribution is 2.29. The number of benzene rings is 2. The number of hydrogen-bond donors (Lipinski definition) is 0. The van der Waals surface area contributed by atoms with Crippen molar-refractivity contribution in [2.45, 2.75) is 4.90 Å². The Hall–Kier alpha value is -2.59. The highest BCUT2D eigenvalue weighted by Gasteiger charge is 2.29. The maximum Gasteiger partial charge on any atom is 0.330 e. The minimum atomic E-state index is -3.76. The van der Waals surface area contributed by atoms with E-state index in [9.17, 15) is 13.2 Å². The summed E-state index contributed by atoms with van der Waals surface area (Å²) < 4.78 is 48.4. The van der Waals surface area contributed by atoms with Gasteiger partial charge in [-0.05, 0) is 35.9 Å². The Kier molecular flexibility index (Phi) is 8.52. The van der Waals surface area contributed by atoms with Gasteiger partial charge >= 0.3 is 5.97 Å². The third kappa shape index (κ3) is 6.23. The van der Waals surface area contributed by atoms with Crippen LogP contribution in [0.5, 0.6) is 11.5 Å². The van der Waals surface area contributed by atoms with Crippen LogP contribution in [-0.4, -0.2) is 65.3 Å². The number of methoxy groups -OCH3 is 1. The van der Waals surface area contributed by atoms with Gasteiger partial charge < -0.3 is 18.9 Å². The van der Waals surface area contributed by atoms with Gasteiger partial charge in [0.25, 0.3) is 0 Å². The lowest BCUT2D eigenvalue weighted by Crippen LogP contribution is -2.40. The van der Waals surface area contributed by atoms with E-state index in [0.717, 1.165) is 0 Å². The molecule has 1 aliphatic heterocycles. The fourth-order valence-corrected chi connectivity index (χ4v) is 4.78. The van der Waals surface area contributed by atoms with Crippen LogP contribution in [0.25, 0.3) is 6.08 Å². The van der Waals surface area contributed by atoms with E-state index >= 15 is 0 Å². The maximum absolute atomic E-state index is 13.0. The van der Waals surface area contributed by atoms with Gasteiger partial charge in [0.05, 0.1) is 25.3 Å². The van der Waals surface area contributed by atoms with Crippen LogP contribution >= 0.6 is 11.6 Å². The summed E-state index contributed by atoms with van der Waals surface area (Å²) in [6, 6.07) is 11.7. The van der Waals surface area contributed by atoms with E-state index in [1.165, 1.54) is 29.6 Å². The fraction of sp³-hybridized carbons (Fsp3) is 0.318. The molecule has 3 rings (SSSR count). The second-order valence-electron chi connectivity index (χ2n) is 6.71. The average molecular weight is 482 g/mol. The zero-order valence-corrected chi connectivity index (χ0v) is 19.1. The topological polar surface area (TPSA) is 91.4 Å². The number of carbonyl (C=O) groups is 1. The molecule has 2 aromatic carbocycles. The van der Waals surface area contributed by atoms with Crippen molar-refractivity contribution in [3.8, 4) is 11.5 Å². The van der Waals surface area contributed by atoms with Crippen molar-refractivity contribution >= 4 is 33.7 Å². The number of rotatable bonds is 9. The lowest BCUT2D eigenvalue weighted by Gasteiger charge is -2.26. The van der Waals surface area contributed by atoms with Crippen molar-refractivity contribution in [1.29, 1.82) is 0 Å². The summed E-state index contributed by atoms with van der Waals surface area (Å²) in [4.78, 5) is 12.0. The first-order chi connectivity index (χ1) is 15.4. The zero-order valence-electron chi connectivity index (χ0n) is 17.5. The number of carbonyl (C=O) groups excluding carboxylic acids is 1. The van der Waals surface area contributed by atoms with E-state index in [-0.39, 0.29) is 36.9 Å². The molecule has 0 amide bonds. The minimum absolute atomic E-state index is 0.0329. The van der Waals surface area contributed by atoms with Gasteiger partial charge in [-0.3, -0.25) is 0 Å². The highest BCUT2D eigenvalue weighted by atomic mass is 35.5. The number of ether oxygens (including phenoxy) is 4. The molecule has 0 atom stereocenters. The molecule has 172 valence electrons. The summed E-state index contributed by atoms with van der Waals surface area (Å²) >= 11 is 5.99. The van der Waals surface area contributed by atoms with Gasteiger partial charge in [-0.2, -0.15) is 4.31 Å². The number of morpholine rings is 1. The molecule has 0 bridgehead atoms. The molecular formula is C22H24ClNO7S. The third-order valence-corrected chi connectivity index (χ3v) is 6.84. The number of halogens is 1. The number of nitrogens with zero attached hydrogens (tertiary/aromatic N) is 1. The second-order valence-corrected chi connectivity index (χ2v) is 9.02. The Labute approximate surface area is 192 Å². The number of hydrogen-bond acceptors (Lipinski definition) is 7. The first kappa shape index (κ1) is 24.1. The van der Waals surface area contributed by atoms with Gasteiger partial charge in [0.1, 0.15) is 29.6 Å². The highest BCUT2D eigenvalue weighted by molar-refractivity contribution is 7.89. The molecular weight excluding hydrogens is 458 g/mol. The van der Waals surface area contributed by atoms with Crippen LogP contribution in [-0.2, 0) is 24.3 Å². The van der Waals surface area contributed by atoms with E-state index in [2.05, 4.69) is 0 Å². The van der Waals surface area contributed by atoms with Gasteiger partial charge in [-0.1, -0.05) is 29.8 Å². The van der Waals surface area contributed by atoms with Crippen molar-refractivity contribution in [1.82, 2.24) is 4.31 Å². The van der Waals surface area contributed by atoms with Crippen molar-refractivity contribution in [3.05, 3.63) is 59.1 Å². The van der Waals surface area contributed by atoms with Crippen molar-refractivity contribution in [3.63, 3.8) is 0 Å². The van der Waals surface area contributed by atoms with Crippen LogP contribution in [0.4, 0.5) is 0 Å². The summed E-state index contributed by atoms with van der Waals surface area (Å²) in [7, 11) is -2.35. The third-order valence-electron chi connectivity index (χ3n) is 4.61. The summed E-state index contributed by atoms with van der Waals surface area (Å²) in [5.74, 6) is 0.155. The second kappa shape index (κ2) is 11.3. The van der Waals surface area contributed by atoms with Crippen LogP contribution in [0.1, 0.15) is 5.56 Å². The predicted molar refractivity (Wildman–Crippen MR) is 120 cm³/mol. The zero-order chi connectivity index (χ0) is 23.0. The van der Waals surface area contributed by atoms with Gasteiger partial charge in [0.2, 0.25) is 10.0 Å². The van der Waals surface area contributed by atoms with Gasteiger partial charge in [-0.25, -0.2) is 13.2 Å². The molecule has 1 fully saturated rings. The van der Waals surface area contributed by atoms with Gasteiger partial charge in [-0.15, -0.1) is 0 Å². The van der Waals surface area contributed by atoms with E-state index in [1.54, 1.807) is 36.4 Å². The lowest BCUT2D eigenvalue weighted by atomic mass is 10.2. The Morgan fingerprint density at radius 1 is 1.12 bits per heavy atom. The van der Waals surface area contributed by atoms with Gasteiger partial charge in [0, 0.05) is 19.2 Å². The van der Waals surface area contributed by atoms with Crippen LogP contribution in [0.3, 0.4) is 0 Å². The van der Waals surface area contributed by atoms with Crippen LogP contribution in [0.2, 0.25) is 5.02 Å². The molecule has 1 heterocycles. The van der Waals surface area contributed by atoms with Crippen molar-refractivity contribution in [2.24, 2.45) is 0 Å². The number of para-hydroxylation sites is 1. The molecule has 1 aliphatic rings. The Morgan fingerprint density at radius 3 is 2.59 bits per heavy atom. The minimum Gasteiger partial charge on any atom is -0.495 e. The van der Waals surface area contributed by atoms with Crippen LogP contribution < -0.4 is 9.47 Å². The molecule has 2 aromatic rings. The molecule has 8 nitrogen and oxygen atoms in total. The molecule has 0 unspecified atom stereocenters. The Bertz CT molecular complexity index is 1070. The first-order valence-electron chi connectivity index (χ1n) is 9.90. The SMILES string of the molecule is COc1ccc(C=CC(=O)OCCOc2ccccc2Cl)cc1S(=O)(=O)N1CCOCC1. The normalized spacial score (nSPS) is 14.9. The molecule has 32 heavy (non-hydrogen) atoms. The predicted octanol–water partition coefficient (Wildman–Crippen LogP) is 3.00. The quantitative estimate of drug-likeness (QED) is 0.309. The molecule has 0 aliphatic carbocycles. The van der Waals surface area contributed by atoms with Gasteiger partial charge in [0.15, 0.2) is 0 Å². The van der Waals surface area contributed by atoms with E-state index < -0.39 is 16.0 Å².